The number of barbiturate groups is 1. The van der Waals surface area contributed by atoms with Gasteiger partial charge in [-0.25, -0.2) is 9.69 Å². The second-order valence-corrected chi connectivity index (χ2v) is 9.99. The van der Waals surface area contributed by atoms with E-state index in [4.69, 9.17) is 25.8 Å². The van der Waals surface area contributed by atoms with Crippen LogP contribution in [-0.4, -0.2) is 25.0 Å². The first kappa shape index (κ1) is 28.4. The van der Waals surface area contributed by atoms with E-state index >= 15 is 0 Å². The molecule has 1 saturated heterocycles. The number of halogens is 1. The van der Waals surface area contributed by atoms with E-state index in [0.717, 1.165) is 21.6 Å². The molecule has 212 valence electrons. The molecule has 42 heavy (non-hydrogen) atoms. The summed E-state index contributed by atoms with van der Waals surface area (Å²) in [5.74, 6) is -0.0546. The van der Waals surface area contributed by atoms with E-state index in [0.29, 0.717) is 41.0 Å². The molecule has 0 spiro atoms. The van der Waals surface area contributed by atoms with E-state index in [-0.39, 0.29) is 11.3 Å². The Morgan fingerprint density at radius 3 is 2.26 bits per heavy atom. The van der Waals surface area contributed by atoms with Crippen LogP contribution in [0.1, 0.15) is 22.3 Å². The lowest BCUT2D eigenvalue weighted by atomic mass is 10.1. The Kier molecular flexibility index (Phi) is 8.55. The monoisotopic (exact) mass is 582 g/mol. The maximum Gasteiger partial charge on any atom is 0.335 e. The normalized spacial score (nSPS) is 14.1. The van der Waals surface area contributed by atoms with E-state index in [2.05, 4.69) is 5.32 Å². The second kappa shape index (κ2) is 12.6. The lowest BCUT2D eigenvalue weighted by molar-refractivity contribution is -0.122. The minimum absolute atomic E-state index is 0.201. The fraction of sp³-hybridized carbons (Fsp3) is 0.121. The van der Waals surface area contributed by atoms with Crippen molar-refractivity contribution in [2.75, 3.05) is 12.0 Å². The first-order valence-electron chi connectivity index (χ1n) is 13.1. The molecule has 1 fully saturated rings. The summed E-state index contributed by atoms with van der Waals surface area (Å²) in [4.78, 5) is 39.6. The second-order valence-electron chi connectivity index (χ2n) is 9.55. The van der Waals surface area contributed by atoms with E-state index < -0.39 is 17.8 Å². The van der Waals surface area contributed by atoms with Gasteiger partial charge in [-0.15, -0.1) is 0 Å². The van der Waals surface area contributed by atoms with Gasteiger partial charge in [0.15, 0.2) is 11.5 Å². The Morgan fingerprint density at radius 1 is 0.810 bits per heavy atom. The van der Waals surface area contributed by atoms with Crippen LogP contribution < -0.4 is 24.4 Å². The zero-order valence-corrected chi connectivity index (χ0v) is 23.7. The number of amides is 4. The summed E-state index contributed by atoms with van der Waals surface area (Å²) in [7, 11) is 1.51. The molecule has 0 radical (unpaired) electrons. The fourth-order valence-electron chi connectivity index (χ4n) is 4.35. The van der Waals surface area contributed by atoms with E-state index in [1.165, 1.54) is 13.2 Å². The minimum atomic E-state index is -0.838. The number of benzene rings is 4. The van der Waals surface area contributed by atoms with Gasteiger partial charge in [-0.2, -0.15) is 0 Å². The highest BCUT2D eigenvalue weighted by Crippen LogP contribution is 2.31. The van der Waals surface area contributed by atoms with Crippen molar-refractivity contribution in [2.45, 2.75) is 20.1 Å². The van der Waals surface area contributed by atoms with Crippen LogP contribution in [0.5, 0.6) is 17.2 Å². The summed E-state index contributed by atoms with van der Waals surface area (Å²) >= 11 is 5.92. The van der Waals surface area contributed by atoms with Crippen molar-refractivity contribution < 1.29 is 28.6 Å². The molecular formula is C33H27ClN2O6. The molecule has 4 amide bonds. The topological polar surface area (TPSA) is 94.2 Å². The summed E-state index contributed by atoms with van der Waals surface area (Å²) in [6, 6.07) is 25.9. The van der Waals surface area contributed by atoms with Crippen molar-refractivity contribution in [2.24, 2.45) is 0 Å². The molecular weight excluding hydrogens is 556 g/mol. The Hall–Kier alpha value is -5.08. The molecule has 0 aromatic heterocycles. The molecule has 1 heterocycles. The average Bonchev–Trinajstić information content (AvgIpc) is 2.99. The third kappa shape index (κ3) is 6.62. The highest BCUT2D eigenvalue weighted by atomic mass is 35.5. The SMILES string of the molecule is COc1cc(/C=C2\C(=O)NC(=O)N(c3ccc(OCc4ccc(Cl)cc4)cc3)C2=O)ccc1OCc1cccc(C)c1. The minimum Gasteiger partial charge on any atom is -0.493 e. The lowest BCUT2D eigenvalue weighted by Crippen LogP contribution is -2.54. The fourth-order valence-corrected chi connectivity index (χ4v) is 4.48. The largest absolute Gasteiger partial charge is 0.493 e. The average molecular weight is 583 g/mol. The predicted octanol–water partition coefficient (Wildman–Crippen LogP) is 6.48. The Morgan fingerprint density at radius 2 is 1.55 bits per heavy atom. The number of ether oxygens (including phenoxy) is 3. The van der Waals surface area contributed by atoms with Gasteiger partial charge in [-0.3, -0.25) is 14.9 Å². The lowest BCUT2D eigenvalue weighted by Gasteiger charge is -2.26. The van der Waals surface area contributed by atoms with Gasteiger partial charge >= 0.3 is 6.03 Å². The van der Waals surface area contributed by atoms with Gasteiger partial charge in [-0.1, -0.05) is 59.6 Å². The number of urea groups is 1. The number of carbonyl (C=O) groups excluding carboxylic acids is 3. The number of carbonyl (C=O) groups is 3. The molecule has 5 rings (SSSR count). The number of methoxy groups -OCH3 is 1. The van der Waals surface area contributed by atoms with E-state index in [1.807, 2.05) is 43.3 Å². The summed E-state index contributed by atoms with van der Waals surface area (Å²) in [5, 5.41) is 2.88. The third-order valence-corrected chi connectivity index (χ3v) is 6.74. The number of rotatable bonds is 9. The van der Waals surface area contributed by atoms with Gasteiger partial charge in [0, 0.05) is 5.02 Å². The van der Waals surface area contributed by atoms with Gasteiger partial charge in [0.05, 0.1) is 12.8 Å². The third-order valence-electron chi connectivity index (χ3n) is 6.49. The highest BCUT2D eigenvalue weighted by molar-refractivity contribution is 6.39. The molecule has 0 aliphatic carbocycles. The summed E-state index contributed by atoms with van der Waals surface area (Å²) in [6.45, 7) is 2.68. The van der Waals surface area contributed by atoms with E-state index in [9.17, 15) is 14.4 Å². The number of aryl methyl sites for hydroxylation is 1. The van der Waals surface area contributed by atoms with Crippen molar-refractivity contribution in [3.05, 3.63) is 124 Å². The van der Waals surface area contributed by atoms with Crippen LogP contribution >= 0.6 is 11.6 Å². The number of hydrogen-bond acceptors (Lipinski definition) is 6. The van der Waals surface area contributed by atoms with Gasteiger partial charge in [0.1, 0.15) is 24.5 Å². The molecule has 9 heteroatoms. The summed E-state index contributed by atoms with van der Waals surface area (Å²) in [5.41, 5.74) is 3.68. The van der Waals surface area contributed by atoms with Crippen LogP contribution in [0.4, 0.5) is 10.5 Å². The highest BCUT2D eigenvalue weighted by Gasteiger charge is 2.36. The predicted molar refractivity (Wildman–Crippen MR) is 160 cm³/mol. The van der Waals surface area contributed by atoms with E-state index in [1.54, 1.807) is 54.6 Å². The molecule has 0 saturated carbocycles. The molecule has 0 bridgehead atoms. The Labute approximate surface area is 248 Å². The standard InChI is InChI=1S/C33H27ClN2O6/c1-21-4-3-5-24(16-21)20-42-29-15-8-23(18-30(29)40-2)17-28-31(37)35-33(39)36(32(28)38)26-11-13-27(14-12-26)41-19-22-6-9-25(34)10-7-22/h3-18H,19-20H2,1-2H3,(H,35,37,39)/b28-17+. The molecule has 1 aliphatic rings. The van der Waals surface area contributed by atoms with Crippen LogP contribution in [0.3, 0.4) is 0 Å². The smallest absolute Gasteiger partial charge is 0.335 e. The van der Waals surface area contributed by atoms with Crippen molar-refractivity contribution in [3.63, 3.8) is 0 Å². The Bertz CT molecular complexity index is 1670. The summed E-state index contributed by atoms with van der Waals surface area (Å²) in [6.07, 6.45) is 1.41. The number of nitrogens with zero attached hydrogens (tertiary/aromatic N) is 1. The first-order chi connectivity index (χ1) is 20.3. The zero-order valence-electron chi connectivity index (χ0n) is 22.9. The number of hydrogen-bond donors (Lipinski definition) is 1. The van der Waals surface area contributed by atoms with Crippen LogP contribution in [0.25, 0.3) is 6.08 Å². The molecule has 4 aromatic carbocycles. The quantitative estimate of drug-likeness (QED) is 0.179. The molecule has 0 atom stereocenters. The molecule has 4 aromatic rings. The summed E-state index contributed by atoms with van der Waals surface area (Å²) < 4.78 is 17.2. The first-order valence-corrected chi connectivity index (χ1v) is 13.4. The molecule has 8 nitrogen and oxygen atoms in total. The van der Waals surface area contributed by atoms with Crippen LogP contribution in [0.2, 0.25) is 5.02 Å². The van der Waals surface area contributed by atoms with Crippen LogP contribution in [-0.2, 0) is 22.8 Å². The maximum absolute atomic E-state index is 13.4. The Balaban J connectivity index is 1.31. The number of anilines is 1. The van der Waals surface area contributed by atoms with Crippen LogP contribution in [0, 0.1) is 6.92 Å². The van der Waals surface area contributed by atoms with Crippen molar-refractivity contribution in [1.82, 2.24) is 5.32 Å². The number of imide groups is 2. The van der Waals surface area contributed by atoms with Gasteiger partial charge in [-0.05, 0) is 78.2 Å². The molecule has 1 N–H and O–H groups in total. The van der Waals surface area contributed by atoms with Crippen LogP contribution in [0.15, 0.2) is 96.6 Å². The van der Waals surface area contributed by atoms with Gasteiger partial charge < -0.3 is 14.2 Å². The van der Waals surface area contributed by atoms with Crippen molar-refractivity contribution in [3.8, 4) is 17.2 Å². The molecule has 0 unspecified atom stereocenters. The number of nitrogens with one attached hydrogen (secondary N) is 1. The van der Waals surface area contributed by atoms with Gasteiger partial charge in [0.2, 0.25) is 0 Å². The maximum atomic E-state index is 13.4. The van der Waals surface area contributed by atoms with Crippen molar-refractivity contribution >= 4 is 41.2 Å². The van der Waals surface area contributed by atoms with Crippen molar-refractivity contribution in [1.29, 1.82) is 0 Å². The molecule has 1 aliphatic heterocycles. The zero-order chi connectivity index (χ0) is 29.6. The van der Waals surface area contributed by atoms with Gasteiger partial charge in [0.25, 0.3) is 11.8 Å².